The summed E-state index contributed by atoms with van der Waals surface area (Å²) in [4.78, 5) is 24.4. The third-order valence-electron chi connectivity index (χ3n) is 5.25. The largest absolute Gasteiger partial charge is 0.338 e. The van der Waals surface area contributed by atoms with Crippen LogP contribution in [-0.2, 0) is 4.79 Å². The van der Waals surface area contributed by atoms with Gasteiger partial charge in [0.1, 0.15) is 6.04 Å². The molecule has 1 aromatic rings. The van der Waals surface area contributed by atoms with Crippen molar-refractivity contribution in [2.45, 2.75) is 25.9 Å². The number of piperazine rings is 2. The zero-order valence-electron chi connectivity index (χ0n) is 14.8. The van der Waals surface area contributed by atoms with E-state index < -0.39 is 0 Å². The van der Waals surface area contributed by atoms with Crippen LogP contribution in [0.3, 0.4) is 0 Å². The molecule has 2 aliphatic heterocycles. The maximum Gasteiger partial charge on any atom is 0.244 e. The van der Waals surface area contributed by atoms with Crippen LogP contribution in [0.25, 0.3) is 0 Å². The molecule has 6 nitrogen and oxygen atoms in total. The predicted octanol–water partition coefficient (Wildman–Crippen LogP) is 0.581. The highest BCUT2D eigenvalue weighted by atomic mass is 16.2. The Hall–Kier alpha value is -1.50. The van der Waals surface area contributed by atoms with Crippen molar-refractivity contribution in [3.05, 3.63) is 30.1 Å². The van der Waals surface area contributed by atoms with E-state index in [1.807, 2.05) is 23.2 Å². The zero-order chi connectivity index (χ0) is 16.9. The molecule has 2 atom stereocenters. The second kappa shape index (κ2) is 8.05. The molecule has 0 aliphatic carbocycles. The van der Waals surface area contributed by atoms with Crippen molar-refractivity contribution in [1.82, 2.24) is 25.0 Å². The number of nitrogens with zero attached hydrogens (tertiary/aromatic N) is 4. The Labute approximate surface area is 144 Å². The fourth-order valence-electron chi connectivity index (χ4n) is 3.71. The Morgan fingerprint density at radius 3 is 2.75 bits per heavy atom. The standard InChI is InChI=1S/C18H29N5O/c1-3-21-9-11-22(12-10-21)18(24)17(16-5-4-6-19-14-16)23-8-7-20-13-15(23)2/h4-6,14-15,17,20H,3,7-13H2,1-2H3. The first kappa shape index (κ1) is 17.3. The van der Waals surface area contributed by atoms with Crippen molar-refractivity contribution >= 4 is 5.91 Å². The highest BCUT2D eigenvalue weighted by molar-refractivity contribution is 5.83. The minimum absolute atomic E-state index is 0.219. The predicted molar refractivity (Wildman–Crippen MR) is 94.7 cm³/mol. The molecule has 2 unspecified atom stereocenters. The molecule has 0 aromatic carbocycles. The Morgan fingerprint density at radius 2 is 2.12 bits per heavy atom. The van der Waals surface area contributed by atoms with Crippen LogP contribution in [0, 0.1) is 0 Å². The normalized spacial score (nSPS) is 24.8. The van der Waals surface area contributed by atoms with E-state index in [0.717, 1.165) is 57.9 Å². The first-order chi connectivity index (χ1) is 11.7. The van der Waals surface area contributed by atoms with E-state index in [1.165, 1.54) is 0 Å². The summed E-state index contributed by atoms with van der Waals surface area (Å²) in [5.74, 6) is 0.229. The minimum atomic E-state index is -0.219. The Morgan fingerprint density at radius 1 is 1.33 bits per heavy atom. The quantitative estimate of drug-likeness (QED) is 0.875. The number of carbonyl (C=O) groups is 1. The number of hydrogen-bond acceptors (Lipinski definition) is 5. The smallest absolute Gasteiger partial charge is 0.244 e. The van der Waals surface area contributed by atoms with E-state index >= 15 is 0 Å². The van der Waals surface area contributed by atoms with Gasteiger partial charge < -0.3 is 15.1 Å². The SMILES string of the molecule is CCN1CCN(C(=O)C(c2cccnc2)N2CCNCC2C)CC1. The highest BCUT2D eigenvalue weighted by Gasteiger charge is 2.36. The lowest BCUT2D eigenvalue weighted by Crippen LogP contribution is -2.57. The lowest BCUT2D eigenvalue weighted by Gasteiger charge is -2.42. The molecular weight excluding hydrogens is 302 g/mol. The van der Waals surface area contributed by atoms with Crippen molar-refractivity contribution in [1.29, 1.82) is 0 Å². The molecule has 3 heterocycles. The van der Waals surface area contributed by atoms with Crippen molar-refractivity contribution in [2.24, 2.45) is 0 Å². The third-order valence-corrected chi connectivity index (χ3v) is 5.25. The molecule has 2 fully saturated rings. The summed E-state index contributed by atoms with van der Waals surface area (Å²) < 4.78 is 0. The van der Waals surface area contributed by atoms with E-state index in [9.17, 15) is 4.79 Å². The lowest BCUT2D eigenvalue weighted by atomic mass is 10.0. The lowest BCUT2D eigenvalue weighted by molar-refractivity contribution is -0.140. The van der Waals surface area contributed by atoms with Crippen LogP contribution in [0.5, 0.6) is 0 Å². The fourth-order valence-corrected chi connectivity index (χ4v) is 3.71. The van der Waals surface area contributed by atoms with Gasteiger partial charge in [-0.1, -0.05) is 13.0 Å². The van der Waals surface area contributed by atoms with Crippen LogP contribution in [0.2, 0.25) is 0 Å². The molecule has 0 saturated carbocycles. The zero-order valence-corrected chi connectivity index (χ0v) is 14.8. The summed E-state index contributed by atoms with van der Waals surface area (Å²) in [7, 11) is 0. The number of hydrogen-bond donors (Lipinski definition) is 1. The van der Waals surface area contributed by atoms with E-state index in [-0.39, 0.29) is 11.9 Å². The molecule has 2 aliphatic rings. The number of likely N-dealkylation sites (N-methyl/N-ethyl adjacent to an activating group) is 1. The second-order valence-electron chi connectivity index (χ2n) is 6.74. The van der Waals surface area contributed by atoms with Gasteiger partial charge in [-0.2, -0.15) is 0 Å². The molecule has 6 heteroatoms. The first-order valence-electron chi connectivity index (χ1n) is 9.08. The summed E-state index contributed by atoms with van der Waals surface area (Å²) >= 11 is 0. The fraction of sp³-hybridized carbons (Fsp3) is 0.667. The molecule has 0 radical (unpaired) electrons. The van der Waals surface area contributed by atoms with Gasteiger partial charge in [-0.25, -0.2) is 0 Å². The van der Waals surface area contributed by atoms with Crippen LogP contribution in [-0.4, -0.2) is 84.0 Å². The van der Waals surface area contributed by atoms with Gasteiger partial charge >= 0.3 is 0 Å². The monoisotopic (exact) mass is 331 g/mol. The molecule has 1 N–H and O–H groups in total. The summed E-state index contributed by atoms with van der Waals surface area (Å²) in [6.07, 6.45) is 3.62. The average Bonchev–Trinajstić information content (AvgIpc) is 2.64. The van der Waals surface area contributed by atoms with Gasteiger partial charge in [0.25, 0.3) is 0 Å². The van der Waals surface area contributed by atoms with Crippen LogP contribution in [0.4, 0.5) is 0 Å². The minimum Gasteiger partial charge on any atom is -0.338 e. The molecule has 24 heavy (non-hydrogen) atoms. The van der Waals surface area contributed by atoms with Gasteiger partial charge in [0.2, 0.25) is 5.91 Å². The van der Waals surface area contributed by atoms with Crippen molar-refractivity contribution in [3.63, 3.8) is 0 Å². The van der Waals surface area contributed by atoms with E-state index in [2.05, 4.69) is 33.9 Å². The second-order valence-corrected chi connectivity index (χ2v) is 6.74. The number of rotatable bonds is 4. The van der Waals surface area contributed by atoms with Crippen molar-refractivity contribution in [3.8, 4) is 0 Å². The van der Waals surface area contributed by atoms with Crippen LogP contribution >= 0.6 is 0 Å². The molecule has 2 saturated heterocycles. The van der Waals surface area contributed by atoms with Gasteiger partial charge in [0.15, 0.2) is 0 Å². The number of aromatic nitrogens is 1. The number of carbonyl (C=O) groups excluding carboxylic acids is 1. The maximum atomic E-state index is 13.4. The van der Waals surface area contributed by atoms with Gasteiger partial charge in [0.05, 0.1) is 0 Å². The molecular formula is C18H29N5O. The number of pyridine rings is 1. The van der Waals surface area contributed by atoms with E-state index in [4.69, 9.17) is 0 Å². The topological polar surface area (TPSA) is 51.7 Å². The van der Waals surface area contributed by atoms with Crippen molar-refractivity contribution < 1.29 is 4.79 Å². The third kappa shape index (κ3) is 3.77. The highest BCUT2D eigenvalue weighted by Crippen LogP contribution is 2.26. The van der Waals surface area contributed by atoms with E-state index in [0.29, 0.717) is 6.04 Å². The maximum absolute atomic E-state index is 13.4. The summed E-state index contributed by atoms with van der Waals surface area (Å²) in [6.45, 7) is 11.8. The number of amides is 1. The molecule has 1 amide bonds. The molecule has 1 aromatic heterocycles. The average molecular weight is 331 g/mol. The Kier molecular flexibility index (Phi) is 5.81. The summed E-state index contributed by atoms with van der Waals surface area (Å²) in [5, 5.41) is 3.41. The Balaban J connectivity index is 1.80. The van der Waals surface area contributed by atoms with Crippen LogP contribution in [0.15, 0.2) is 24.5 Å². The molecule has 0 bridgehead atoms. The van der Waals surface area contributed by atoms with E-state index in [1.54, 1.807) is 6.20 Å². The summed E-state index contributed by atoms with van der Waals surface area (Å²) in [6, 6.07) is 4.08. The summed E-state index contributed by atoms with van der Waals surface area (Å²) in [5.41, 5.74) is 1.01. The molecule has 132 valence electrons. The van der Waals surface area contributed by atoms with Gasteiger partial charge in [-0.05, 0) is 25.1 Å². The van der Waals surface area contributed by atoms with Crippen LogP contribution < -0.4 is 5.32 Å². The first-order valence-corrected chi connectivity index (χ1v) is 9.08. The van der Waals surface area contributed by atoms with Gasteiger partial charge in [0, 0.05) is 64.2 Å². The van der Waals surface area contributed by atoms with Crippen LogP contribution in [0.1, 0.15) is 25.5 Å². The molecule has 3 rings (SSSR count). The number of nitrogens with one attached hydrogen (secondary N) is 1. The van der Waals surface area contributed by atoms with Gasteiger partial charge in [-0.3, -0.25) is 14.7 Å². The Bertz CT molecular complexity index is 529. The van der Waals surface area contributed by atoms with Gasteiger partial charge in [-0.15, -0.1) is 0 Å². The van der Waals surface area contributed by atoms with Crippen molar-refractivity contribution in [2.75, 3.05) is 52.4 Å². The molecule has 0 spiro atoms.